The number of ether oxygens (including phenoxy) is 1. The first-order chi connectivity index (χ1) is 17.4. The van der Waals surface area contributed by atoms with Crippen molar-refractivity contribution in [1.29, 1.82) is 0 Å². The third kappa shape index (κ3) is 7.66. The Hall–Kier alpha value is -3.18. The molecule has 1 fully saturated rings. The minimum Gasteiger partial charge on any atom is -0.508 e. The predicted octanol–water partition coefficient (Wildman–Crippen LogP) is 8.40. The fourth-order valence-corrected chi connectivity index (χ4v) is 4.97. The van der Waals surface area contributed by atoms with Crippen LogP contribution < -0.4 is 0 Å². The molecular weight excluding hydrogens is 450 g/mol. The molecule has 0 aromatic heterocycles. The van der Waals surface area contributed by atoms with E-state index in [-0.39, 0.29) is 10.6 Å². The van der Waals surface area contributed by atoms with Crippen molar-refractivity contribution in [3.8, 4) is 16.9 Å². The first-order valence-electron chi connectivity index (χ1n) is 13.2. The Morgan fingerprint density at radius 3 is 2.14 bits per heavy atom. The number of nitrogens with zero attached hydrogens (tertiary/aromatic N) is 1. The fraction of sp³-hybridized carbons (Fsp3) is 0.419. The van der Waals surface area contributed by atoms with Crippen LogP contribution in [0.5, 0.6) is 5.75 Å². The van der Waals surface area contributed by atoms with Crippen LogP contribution in [-0.4, -0.2) is 23.2 Å². The maximum Gasteiger partial charge on any atom is 0.269 e. The van der Waals surface area contributed by atoms with Gasteiger partial charge in [0.2, 0.25) is 0 Å². The lowest BCUT2D eigenvalue weighted by Gasteiger charge is -2.26. The van der Waals surface area contributed by atoms with Crippen LogP contribution in [0.4, 0.5) is 5.69 Å². The van der Waals surface area contributed by atoms with Gasteiger partial charge in [-0.3, -0.25) is 10.1 Å². The number of hydrogen-bond donors (Lipinski definition) is 1. The van der Waals surface area contributed by atoms with Gasteiger partial charge in [0.05, 0.1) is 4.92 Å². The zero-order valence-electron chi connectivity index (χ0n) is 21.8. The van der Waals surface area contributed by atoms with E-state index in [0.29, 0.717) is 17.6 Å². The van der Waals surface area contributed by atoms with Crippen molar-refractivity contribution in [2.24, 2.45) is 0 Å². The van der Waals surface area contributed by atoms with Gasteiger partial charge < -0.3 is 9.84 Å². The van der Waals surface area contributed by atoms with Crippen LogP contribution in [0.15, 0.2) is 66.7 Å². The van der Waals surface area contributed by atoms with E-state index in [1.165, 1.54) is 54.4 Å². The second kappa shape index (κ2) is 13.8. The molecule has 0 bridgehead atoms. The summed E-state index contributed by atoms with van der Waals surface area (Å²) < 4.78 is 4.83. The summed E-state index contributed by atoms with van der Waals surface area (Å²) in [5.41, 5.74) is 6.28. The fourth-order valence-electron chi connectivity index (χ4n) is 4.97. The summed E-state index contributed by atoms with van der Waals surface area (Å²) >= 11 is 0. The van der Waals surface area contributed by atoms with E-state index in [2.05, 4.69) is 25.1 Å². The standard InChI is InChI=1S/C27H29NO3.C4H10O/c1-19(17-20-7-14-25(29)15-8-20)23-11-16-26(22-9-12-24(13-10-22)28(30)31)27(18-23)21-5-3-2-4-6-21;1-3-5-4-2/h7-16,18-19,21,29H,2-6,17H2,1H3;3-4H2,1-2H3. The average Bonchev–Trinajstić information content (AvgIpc) is 2.91. The Balaban J connectivity index is 0.000000658. The summed E-state index contributed by atoms with van der Waals surface area (Å²) in [7, 11) is 0. The molecule has 0 spiro atoms. The van der Waals surface area contributed by atoms with E-state index in [1.54, 1.807) is 24.3 Å². The molecule has 1 N–H and O–H groups in total. The average molecular weight is 490 g/mol. The number of rotatable bonds is 8. The zero-order valence-corrected chi connectivity index (χ0v) is 21.8. The van der Waals surface area contributed by atoms with Crippen molar-refractivity contribution in [2.75, 3.05) is 13.2 Å². The minimum absolute atomic E-state index is 0.127. The Morgan fingerprint density at radius 1 is 0.944 bits per heavy atom. The van der Waals surface area contributed by atoms with E-state index >= 15 is 0 Å². The normalized spacial score (nSPS) is 14.5. The number of nitro benzene ring substituents is 1. The molecule has 1 saturated carbocycles. The number of nitro groups is 1. The van der Waals surface area contributed by atoms with Crippen LogP contribution in [0.3, 0.4) is 0 Å². The molecule has 1 unspecified atom stereocenters. The SMILES string of the molecule is CC(Cc1ccc(O)cc1)c1ccc(-c2ccc([N+](=O)[O-])cc2)c(C2CCCCC2)c1.CCOCC. The van der Waals surface area contributed by atoms with Gasteiger partial charge >= 0.3 is 0 Å². The van der Waals surface area contributed by atoms with Crippen LogP contribution >= 0.6 is 0 Å². The van der Waals surface area contributed by atoms with Crippen molar-refractivity contribution >= 4 is 5.69 Å². The maximum absolute atomic E-state index is 11.0. The number of benzene rings is 3. The summed E-state index contributed by atoms with van der Waals surface area (Å²) in [6.07, 6.45) is 7.16. The molecule has 0 saturated heterocycles. The third-order valence-electron chi connectivity index (χ3n) is 6.97. The monoisotopic (exact) mass is 489 g/mol. The highest BCUT2D eigenvalue weighted by Crippen LogP contribution is 2.40. The molecule has 5 nitrogen and oxygen atoms in total. The molecule has 0 heterocycles. The Labute approximate surface area is 215 Å². The van der Waals surface area contributed by atoms with E-state index in [9.17, 15) is 15.2 Å². The largest absolute Gasteiger partial charge is 0.508 e. The summed E-state index contributed by atoms with van der Waals surface area (Å²) in [5.74, 6) is 1.20. The maximum atomic E-state index is 11.0. The highest BCUT2D eigenvalue weighted by atomic mass is 16.6. The topological polar surface area (TPSA) is 72.6 Å². The van der Waals surface area contributed by atoms with Gasteiger partial charge in [0, 0.05) is 25.3 Å². The highest BCUT2D eigenvalue weighted by molar-refractivity contribution is 5.70. The van der Waals surface area contributed by atoms with E-state index in [1.807, 2.05) is 38.1 Å². The Kier molecular flexibility index (Phi) is 10.5. The van der Waals surface area contributed by atoms with Crippen LogP contribution in [0.1, 0.15) is 81.4 Å². The van der Waals surface area contributed by atoms with Gasteiger partial charge in [-0.05, 0) is 97.0 Å². The smallest absolute Gasteiger partial charge is 0.269 e. The van der Waals surface area contributed by atoms with Crippen LogP contribution in [0, 0.1) is 10.1 Å². The van der Waals surface area contributed by atoms with E-state index < -0.39 is 0 Å². The Bertz CT molecular complexity index is 1080. The van der Waals surface area contributed by atoms with Crippen molar-refractivity contribution in [3.05, 3.63) is 93.5 Å². The van der Waals surface area contributed by atoms with Gasteiger partial charge in [0.1, 0.15) is 5.75 Å². The molecule has 1 atom stereocenters. The number of phenols is 1. The van der Waals surface area contributed by atoms with Gasteiger partial charge in [0.15, 0.2) is 0 Å². The summed E-state index contributed by atoms with van der Waals surface area (Å²) in [6.45, 7) is 7.92. The van der Waals surface area contributed by atoms with Crippen LogP contribution in [-0.2, 0) is 11.2 Å². The lowest BCUT2D eigenvalue weighted by Crippen LogP contribution is -2.08. The first-order valence-corrected chi connectivity index (χ1v) is 13.2. The zero-order chi connectivity index (χ0) is 25.9. The number of aromatic hydroxyl groups is 1. The van der Waals surface area contributed by atoms with Crippen molar-refractivity contribution in [3.63, 3.8) is 0 Å². The van der Waals surface area contributed by atoms with Crippen molar-refractivity contribution in [2.45, 2.75) is 71.1 Å². The molecule has 3 aromatic carbocycles. The van der Waals surface area contributed by atoms with Crippen molar-refractivity contribution in [1.82, 2.24) is 0 Å². The molecule has 36 heavy (non-hydrogen) atoms. The molecular formula is C31H39NO4. The Morgan fingerprint density at radius 2 is 1.58 bits per heavy atom. The molecule has 0 amide bonds. The molecule has 1 aliphatic rings. The van der Waals surface area contributed by atoms with Gasteiger partial charge in [-0.2, -0.15) is 0 Å². The second-order valence-electron chi connectivity index (χ2n) is 9.54. The molecule has 0 radical (unpaired) electrons. The third-order valence-corrected chi connectivity index (χ3v) is 6.97. The second-order valence-corrected chi connectivity index (χ2v) is 9.54. The van der Waals surface area contributed by atoms with Crippen LogP contribution in [0.2, 0.25) is 0 Å². The number of phenolic OH excluding ortho intramolecular Hbond substituents is 1. The predicted molar refractivity (Wildman–Crippen MR) is 147 cm³/mol. The number of hydrogen-bond acceptors (Lipinski definition) is 4. The minimum atomic E-state index is -0.347. The molecule has 192 valence electrons. The molecule has 1 aliphatic carbocycles. The molecule has 3 aromatic rings. The number of non-ortho nitro benzene ring substituents is 1. The van der Waals surface area contributed by atoms with Gasteiger partial charge in [-0.15, -0.1) is 0 Å². The van der Waals surface area contributed by atoms with Gasteiger partial charge in [-0.1, -0.05) is 56.5 Å². The summed E-state index contributed by atoms with van der Waals surface area (Å²) in [5, 5.41) is 20.6. The lowest BCUT2D eigenvalue weighted by molar-refractivity contribution is -0.384. The molecule has 5 heteroatoms. The molecule has 4 rings (SSSR count). The molecule has 0 aliphatic heterocycles. The van der Waals surface area contributed by atoms with E-state index in [0.717, 1.165) is 25.2 Å². The van der Waals surface area contributed by atoms with Crippen molar-refractivity contribution < 1.29 is 14.8 Å². The highest BCUT2D eigenvalue weighted by Gasteiger charge is 2.21. The summed E-state index contributed by atoms with van der Waals surface area (Å²) in [6, 6.07) is 21.2. The van der Waals surface area contributed by atoms with Gasteiger partial charge in [-0.25, -0.2) is 0 Å². The van der Waals surface area contributed by atoms with Crippen LogP contribution in [0.25, 0.3) is 11.1 Å². The lowest BCUT2D eigenvalue weighted by atomic mass is 9.79. The quantitative estimate of drug-likeness (QED) is 0.255. The van der Waals surface area contributed by atoms with Gasteiger partial charge in [0.25, 0.3) is 5.69 Å². The van der Waals surface area contributed by atoms with E-state index in [4.69, 9.17) is 4.74 Å². The first kappa shape index (κ1) is 27.4. The summed E-state index contributed by atoms with van der Waals surface area (Å²) in [4.78, 5) is 10.7.